The van der Waals surface area contributed by atoms with E-state index in [2.05, 4.69) is 17.4 Å². The van der Waals surface area contributed by atoms with Crippen molar-refractivity contribution in [2.75, 3.05) is 25.0 Å². The molecule has 1 aliphatic rings. The van der Waals surface area contributed by atoms with Crippen LogP contribution < -0.4 is 16.2 Å². The summed E-state index contributed by atoms with van der Waals surface area (Å²) in [5, 5.41) is 11.7. The number of nitrogens with one attached hydrogen (secondary N) is 1. The Morgan fingerprint density at radius 2 is 1.84 bits per heavy atom. The van der Waals surface area contributed by atoms with Crippen LogP contribution in [0.25, 0.3) is 0 Å². The van der Waals surface area contributed by atoms with Gasteiger partial charge in [-0.1, -0.05) is 12.1 Å². The summed E-state index contributed by atoms with van der Waals surface area (Å²) in [5.74, 6) is -1.15. The van der Waals surface area contributed by atoms with Gasteiger partial charge in [-0.05, 0) is 61.7 Å². The number of nitrogens with two attached hydrogens (primary N) is 1. The summed E-state index contributed by atoms with van der Waals surface area (Å²) in [5.41, 5.74) is 7.84. The molecule has 2 aromatic rings. The zero-order chi connectivity index (χ0) is 22.6. The number of anilines is 1. The number of benzene rings is 2. The smallest absolute Gasteiger partial charge is 0.410 e. The van der Waals surface area contributed by atoms with Crippen LogP contribution in [0.3, 0.4) is 0 Å². The van der Waals surface area contributed by atoms with Crippen LogP contribution in [0, 0.1) is 11.6 Å². The molecular weight excluding hydrogens is 408 g/mol. The van der Waals surface area contributed by atoms with Crippen LogP contribution in [-0.2, 0) is 22.6 Å². The highest BCUT2D eigenvalue weighted by Crippen LogP contribution is 2.19. The van der Waals surface area contributed by atoms with Gasteiger partial charge in [-0.2, -0.15) is 0 Å². The van der Waals surface area contributed by atoms with Crippen LogP contribution in [0.4, 0.5) is 19.3 Å². The highest BCUT2D eigenvalue weighted by Gasteiger charge is 2.24. The van der Waals surface area contributed by atoms with Gasteiger partial charge in [0.05, 0.1) is 0 Å². The molecule has 0 radical (unpaired) electrons. The molecule has 0 aliphatic carbocycles. The molecule has 0 spiro atoms. The number of hydrogen-bond acceptors (Lipinski definition) is 6. The van der Waals surface area contributed by atoms with Gasteiger partial charge in [0, 0.05) is 36.9 Å². The first-order chi connectivity index (χ1) is 15.0. The summed E-state index contributed by atoms with van der Waals surface area (Å²) >= 11 is 0. The van der Waals surface area contributed by atoms with Gasteiger partial charge in [-0.15, -0.1) is 0 Å². The number of ether oxygens (including phenoxy) is 1. The van der Waals surface area contributed by atoms with E-state index in [1.54, 1.807) is 4.90 Å². The first-order valence-corrected chi connectivity index (χ1v) is 9.93. The molecular formula is C22H26F2N3O4-. The maximum absolute atomic E-state index is 13.6. The van der Waals surface area contributed by atoms with Gasteiger partial charge in [0.25, 0.3) is 0 Å². The Balaban J connectivity index is 0.00000107. The fourth-order valence-electron chi connectivity index (χ4n) is 3.26. The minimum atomic E-state index is -0.588. The van der Waals surface area contributed by atoms with E-state index in [9.17, 15) is 13.6 Å². The van der Waals surface area contributed by atoms with Crippen LogP contribution in [0.15, 0.2) is 42.5 Å². The van der Waals surface area contributed by atoms with E-state index < -0.39 is 24.2 Å². The molecule has 1 aliphatic heterocycles. The van der Waals surface area contributed by atoms with Crippen LogP contribution >= 0.6 is 0 Å². The molecule has 3 N–H and O–H groups in total. The molecule has 0 unspecified atom stereocenters. The lowest BCUT2D eigenvalue weighted by molar-refractivity contribution is -0.283. The third-order valence-corrected chi connectivity index (χ3v) is 4.87. The second-order valence-corrected chi connectivity index (χ2v) is 7.03. The van der Waals surface area contributed by atoms with E-state index in [0.29, 0.717) is 19.6 Å². The van der Waals surface area contributed by atoms with Crippen molar-refractivity contribution in [3.8, 4) is 0 Å². The zero-order valence-electron chi connectivity index (χ0n) is 17.1. The highest BCUT2D eigenvalue weighted by molar-refractivity contribution is 5.67. The van der Waals surface area contributed by atoms with E-state index in [0.717, 1.165) is 43.1 Å². The summed E-state index contributed by atoms with van der Waals surface area (Å²) in [7, 11) is 0. The fraction of sp³-hybridized carbons (Fsp3) is 0.364. The van der Waals surface area contributed by atoms with E-state index in [1.165, 1.54) is 5.56 Å². The number of hydrogen-bond donors (Lipinski definition) is 2. The SMILES string of the molecule is NCCc1ccc(NC2CCN(C(=O)OCc3cc(F)ccc3F)CC2)cc1.O=C[O-]. The number of piperidine rings is 1. The van der Waals surface area contributed by atoms with Gasteiger partial charge in [0.1, 0.15) is 18.2 Å². The lowest BCUT2D eigenvalue weighted by atomic mass is 10.0. The summed E-state index contributed by atoms with van der Waals surface area (Å²) in [4.78, 5) is 22.0. The van der Waals surface area contributed by atoms with Gasteiger partial charge < -0.3 is 30.6 Å². The van der Waals surface area contributed by atoms with Gasteiger partial charge in [-0.3, -0.25) is 0 Å². The Morgan fingerprint density at radius 3 is 2.45 bits per heavy atom. The fourth-order valence-corrected chi connectivity index (χ4v) is 3.26. The molecule has 7 nitrogen and oxygen atoms in total. The minimum absolute atomic E-state index is 0.0305. The lowest BCUT2D eigenvalue weighted by Gasteiger charge is -2.32. The number of amides is 1. The van der Waals surface area contributed by atoms with Crippen LogP contribution in [0.5, 0.6) is 0 Å². The largest absolute Gasteiger partial charge is 0.554 e. The molecule has 9 heteroatoms. The Kier molecular flexibility index (Phi) is 9.70. The molecule has 0 atom stereocenters. The molecule has 1 heterocycles. The molecule has 1 fully saturated rings. The number of halogens is 2. The third-order valence-electron chi connectivity index (χ3n) is 4.87. The Bertz CT molecular complexity index is 841. The maximum atomic E-state index is 13.6. The summed E-state index contributed by atoms with van der Waals surface area (Å²) in [6.45, 7) is 0.948. The molecule has 0 saturated carbocycles. The maximum Gasteiger partial charge on any atom is 0.410 e. The Hall–Kier alpha value is -3.20. The lowest BCUT2D eigenvalue weighted by Crippen LogP contribution is -2.42. The molecule has 1 saturated heterocycles. The number of carbonyl (C=O) groups excluding carboxylic acids is 2. The van der Waals surface area contributed by atoms with Gasteiger partial charge in [-0.25, -0.2) is 13.6 Å². The van der Waals surface area contributed by atoms with Crippen molar-refractivity contribution in [1.82, 2.24) is 4.90 Å². The molecule has 2 aromatic carbocycles. The standard InChI is InChI=1S/C21H25F2N3O2.CH2O2/c22-17-3-6-20(23)16(13-17)14-28-21(27)26-11-8-19(9-12-26)25-18-4-1-15(2-5-18)7-10-24;2-1-3/h1-6,13,19,25H,7-12,14,24H2;1H,(H,2,3)/p-1. The van der Waals surface area contributed by atoms with E-state index in [-0.39, 0.29) is 18.2 Å². The van der Waals surface area contributed by atoms with Crippen molar-refractivity contribution in [3.63, 3.8) is 0 Å². The van der Waals surface area contributed by atoms with Crippen LogP contribution in [0.1, 0.15) is 24.0 Å². The van der Waals surface area contributed by atoms with Gasteiger partial charge >= 0.3 is 6.09 Å². The van der Waals surface area contributed by atoms with Crippen molar-refractivity contribution < 1.29 is 28.2 Å². The molecule has 3 rings (SSSR count). The molecule has 31 heavy (non-hydrogen) atoms. The number of rotatable bonds is 6. The summed E-state index contributed by atoms with van der Waals surface area (Å²) in [6, 6.07) is 11.6. The first-order valence-electron chi connectivity index (χ1n) is 9.93. The predicted molar refractivity (Wildman–Crippen MR) is 110 cm³/mol. The normalized spacial score (nSPS) is 13.7. The molecule has 0 bridgehead atoms. The van der Waals surface area contributed by atoms with E-state index in [1.807, 2.05) is 12.1 Å². The Labute approximate surface area is 179 Å². The first kappa shape index (κ1) is 24.1. The van der Waals surface area contributed by atoms with Gasteiger partial charge in [0.15, 0.2) is 0 Å². The van der Waals surface area contributed by atoms with Crippen molar-refractivity contribution >= 4 is 18.3 Å². The monoisotopic (exact) mass is 434 g/mol. The number of nitrogens with zero attached hydrogens (tertiary/aromatic N) is 1. The summed E-state index contributed by atoms with van der Waals surface area (Å²) in [6.07, 6.45) is 1.93. The zero-order valence-corrected chi connectivity index (χ0v) is 17.1. The molecule has 1 amide bonds. The van der Waals surface area contributed by atoms with Crippen molar-refractivity contribution in [2.24, 2.45) is 5.73 Å². The second kappa shape index (κ2) is 12.5. The molecule has 0 aromatic heterocycles. The van der Waals surface area contributed by atoms with E-state index >= 15 is 0 Å². The number of carboxylic acid groups (broad SMARTS) is 1. The van der Waals surface area contributed by atoms with Crippen molar-refractivity contribution in [1.29, 1.82) is 0 Å². The van der Waals surface area contributed by atoms with E-state index in [4.69, 9.17) is 20.4 Å². The average Bonchev–Trinajstić information content (AvgIpc) is 2.77. The quantitative estimate of drug-likeness (QED) is 0.674. The predicted octanol–water partition coefficient (Wildman–Crippen LogP) is 2.05. The number of carbonyl (C=O) groups is 2. The minimum Gasteiger partial charge on any atom is -0.554 e. The summed E-state index contributed by atoms with van der Waals surface area (Å²) < 4.78 is 31.9. The third kappa shape index (κ3) is 7.86. The second-order valence-electron chi connectivity index (χ2n) is 7.03. The highest BCUT2D eigenvalue weighted by atomic mass is 19.1. The topological polar surface area (TPSA) is 108 Å². The molecule has 168 valence electrons. The van der Waals surface area contributed by atoms with Crippen LogP contribution in [0.2, 0.25) is 0 Å². The Morgan fingerprint density at radius 1 is 1.19 bits per heavy atom. The van der Waals surface area contributed by atoms with Crippen molar-refractivity contribution in [2.45, 2.75) is 31.9 Å². The number of likely N-dealkylation sites (tertiary alicyclic amines) is 1. The average molecular weight is 434 g/mol. The van der Waals surface area contributed by atoms with Gasteiger partial charge in [0.2, 0.25) is 0 Å². The van der Waals surface area contributed by atoms with Crippen LogP contribution in [-0.4, -0.2) is 43.1 Å². The van der Waals surface area contributed by atoms with Crippen molar-refractivity contribution in [3.05, 3.63) is 65.2 Å².